The molecule has 0 amide bonds. The van der Waals surface area contributed by atoms with Crippen LogP contribution >= 0.6 is 0 Å². The van der Waals surface area contributed by atoms with Gasteiger partial charge < -0.3 is 5.32 Å². The molecule has 0 saturated heterocycles. The minimum Gasteiger partial charge on any atom is -0.313 e. The summed E-state index contributed by atoms with van der Waals surface area (Å²) >= 11 is 0. The third-order valence-corrected chi connectivity index (χ3v) is 2.78. The highest BCUT2D eigenvalue weighted by atomic mass is 19.1. The van der Waals surface area contributed by atoms with Crippen LogP contribution in [0.15, 0.2) is 42.5 Å². The molecule has 0 spiro atoms. The molecule has 2 rings (SSSR count). The van der Waals surface area contributed by atoms with Crippen LogP contribution in [0.25, 0.3) is 11.1 Å². The first-order valence-corrected chi connectivity index (χ1v) is 5.96. The van der Waals surface area contributed by atoms with Crippen molar-refractivity contribution >= 4 is 0 Å². The van der Waals surface area contributed by atoms with Gasteiger partial charge in [-0.05, 0) is 29.8 Å². The molecule has 1 nitrogen and oxygen atoms in total. The van der Waals surface area contributed by atoms with Crippen molar-refractivity contribution in [3.05, 3.63) is 59.7 Å². The van der Waals surface area contributed by atoms with E-state index in [1.165, 1.54) is 18.2 Å². The van der Waals surface area contributed by atoms with E-state index in [1.54, 1.807) is 12.1 Å². The molecule has 18 heavy (non-hydrogen) atoms. The standard InChI is InChI=1S/C15H15F2N/c1-2-18-10-11-6-8-12(9-7-11)15-13(16)4-3-5-14(15)17/h3-9,18H,2,10H2,1H3. The lowest BCUT2D eigenvalue weighted by atomic mass is 10.0. The van der Waals surface area contributed by atoms with Gasteiger partial charge in [0, 0.05) is 6.54 Å². The summed E-state index contributed by atoms with van der Waals surface area (Å²) in [5.41, 5.74) is 1.69. The van der Waals surface area contributed by atoms with Crippen LogP contribution < -0.4 is 5.32 Å². The Morgan fingerprint density at radius 1 is 0.944 bits per heavy atom. The highest BCUT2D eigenvalue weighted by Crippen LogP contribution is 2.25. The lowest BCUT2D eigenvalue weighted by Crippen LogP contribution is -2.11. The Balaban J connectivity index is 2.29. The molecule has 0 aliphatic carbocycles. The maximum absolute atomic E-state index is 13.6. The van der Waals surface area contributed by atoms with E-state index in [0.29, 0.717) is 5.56 Å². The van der Waals surface area contributed by atoms with Crippen molar-refractivity contribution in [2.75, 3.05) is 6.54 Å². The Kier molecular flexibility index (Phi) is 4.05. The van der Waals surface area contributed by atoms with Gasteiger partial charge in [-0.1, -0.05) is 37.3 Å². The van der Waals surface area contributed by atoms with Crippen molar-refractivity contribution in [2.24, 2.45) is 0 Å². The van der Waals surface area contributed by atoms with Crippen molar-refractivity contribution in [1.29, 1.82) is 0 Å². The SMILES string of the molecule is CCNCc1ccc(-c2c(F)cccc2F)cc1. The summed E-state index contributed by atoms with van der Waals surface area (Å²) in [6.45, 7) is 3.68. The molecule has 0 unspecified atom stereocenters. The average Bonchev–Trinajstić information content (AvgIpc) is 2.37. The molecule has 0 heterocycles. The molecule has 0 saturated carbocycles. The number of rotatable bonds is 4. The van der Waals surface area contributed by atoms with Crippen molar-refractivity contribution in [3.63, 3.8) is 0 Å². The largest absolute Gasteiger partial charge is 0.313 e. The monoisotopic (exact) mass is 247 g/mol. The lowest BCUT2D eigenvalue weighted by molar-refractivity contribution is 0.589. The topological polar surface area (TPSA) is 12.0 Å². The smallest absolute Gasteiger partial charge is 0.133 e. The van der Waals surface area contributed by atoms with E-state index in [-0.39, 0.29) is 5.56 Å². The summed E-state index contributed by atoms with van der Waals surface area (Å²) in [6.07, 6.45) is 0. The molecule has 2 aromatic carbocycles. The lowest BCUT2D eigenvalue weighted by Gasteiger charge is -2.07. The van der Waals surface area contributed by atoms with E-state index in [0.717, 1.165) is 18.7 Å². The van der Waals surface area contributed by atoms with Crippen LogP contribution in [0.5, 0.6) is 0 Å². The van der Waals surface area contributed by atoms with Crippen LogP contribution in [-0.2, 0) is 6.54 Å². The van der Waals surface area contributed by atoms with Crippen molar-refractivity contribution in [1.82, 2.24) is 5.32 Å². The summed E-state index contributed by atoms with van der Waals surface area (Å²) in [6, 6.07) is 11.2. The van der Waals surface area contributed by atoms with E-state index < -0.39 is 11.6 Å². The summed E-state index contributed by atoms with van der Waals surface area (Å²) in [5.74, 6) is -1.07. The molecule has 0 aromatic heterocycles. The van der Waals surface area contributed by atoms with E-state index >= 15 is 0 Å². The Labute approximate surface area is 105 Å². The van der Waals surface area contributed by atoms with Crippen LogP contribution in [0.1, 0.15) is 12.5 Å². The molecular weight excluding hydrogens is 232 g/mol. The minimum absolute atomic E-state index is 0.0347. The maximum atomic E-state index is 13.6. The first kappa shape index (κ1) is 12.7. The predicted molar refractivity (Wildman–Crippen MR) is 69.2 cm³/mol. The molecule has 0 radical (unpaired) electrons. The molecule has 94 valence electrons. The van der Waals surface area contributed by atoms with Gasteiger partial charge in [-0.15, -0.1) is 0 Å². The zero-order chi connectivity index (χ0) is 13.0. The van der Waals surface area contributed by atoms with Gasteiger partial charge in [0.2, 0.25) is 0 Å². The molecule has 0 atom stereocenters. The average molecular weight is 247 g/mol. The summed E-state index contributed by atoms with van der Waals surface area (Å²) in [4.78, 5) is 0. The van der Waals surface area contributed by atoms with E-state index in [1.807, 2.05) is 19.1 Å². The number of halogens is 2. The zero-order valence-electron chi connectivity index (χ0n) is 10.2. The van der Waals surface area contributed by atoms with Gasteiger partial charge in [0.1, 0.15) is 11.6 Å². The van der Waals surface area contributed by atoms with E-state index in [4.69, 9.17) is 0 Å². The summed E-state index contributed by atoms with van der Waals surface area (Å²) in [7, 11) is 0. The van der Waals surface area contributed by atoms with Crippen LogP contribution in [0.2, 0.25) is 0 Å². The Morgan fingerprint density at radius 2 is 1.56 bits per heavy atom. The summed E-state index contributed by atoms with van der Waals surface area (Å²) < 4.78 is 27.2. The maximum Gasteiger partial charge on any atom is 0.133 e. The Hall–Kier alpha value is -1.74. The van der Waals surface area contributed by atoms with Gasteiger partial charge in [0.25, 0.3) is 0 Å². The van der Waals surface area contributed by atoms with E-state index in [9.17, 15) is 8.78 Å². The first-order valence-electron chi connectivity index (χ1n) is 5.96. The molecule has 3 heteroatoms. The van der Waals surface area contributed by atoms with Crippen molar-refractivity contribution in [2.45, 2.75) is 13.5 Å². The highest BCUT2D eigenvalue weighted by Gasteiger charge is 2.10. The van der Waals surface area contributed by atoms with Crippen LogP contribution in [0, 0.1) is 11.6 Å². The third-order valence-electron chi connectivity index (χ3n) is 2.78. The van der Waals surface area contributed by atoms with E-state index in [2.05, 4.69) is 5.32 Å². The molecule has 0 aliphatic heterocycles. The van der Waals surface area contributed by atoms with Gasteiger partial charge in [-0.2, -0.15) is 0 Å². The molecular formula is C15H15F2N. The Bertz CT molecular complexity index is 500. The van der Waals surface area contributed by atoms with Gasteiger partial charge in [-0.3, -0.25) is 0 Å². The van der Waals surface area contributed by atoms with Crippen LogP contribution in [0.4, 0.5) is 8.78 Å². The molecule has 0 bridgehead atoms. The second-order valence-electron chi connectivity index (χ2n) is 4.07. The predicted octanol–water partition coefficient (Wildman–Crippen LogP) is 3.74. The fourth-order valence-electron chi connectivity index (χ4n) is 1.83. The van der Waals surface area contributed by atoms with Gasteiger partial charge >= 0.3 is 0 Å². The molecule has 2 aromatic rings. The fourth-order valence-corrected chi connectivity index (χ4v) is 1.83. The zero-order valence-corrected chi connectivity index (χ0v) is 10.2. The number of benzene rings is 2. The highest BCUT2D eigenvalue weighted by molar-refractivity contribution is 5.65. The van der Waals surface area contributed by atoms with Crippen molar-refractivity contribution in [3.8, 4) is 11.1 Å². The fraction of sp³-hybridized carbons (Fsp3) is 0.200. The number of hydrogen-bond donors (Lipinski definition) is 1. The minimum atomic E-state index is -0.533. The Morgan fingerprint density at radius 3 is 2.11 bits per heavy atom. The quantitative estimate of drug-likeness (QED) is 0.867. The normalized spacial score (nSPS) is 10.6. The molecule has 1 N–H and O–H groups in total. The molecule has 0 fully saturated rings. The second-order valence-corrected chi connectivity index (χ2v) is 4.07. The number of hydrogen-bond acceptors (Lipinski definition) is 1. The van der Waals surface area contributed by atoms with Gasteiger partial charge in [0.15, 0.2) is 0 Å². The summed E-state index contributed by atoms with van der Waals surface area (Å²) in [5, 5.41) is 3.20. The van der Waals surface area contributed by atoms with Crippen LogP contribution in [0.3, 0.4) is 0 Å². The van der Waals surface area contributed by atoms with Crippen LogP contribution in [-0.4, -0.2) is 6.54 Å². The first-order chi connectivity index (χ1) is 8.72. The third kappa shape index (κ3) is 2.74. The van der Waals surface area contributed by atoms with Crippen molar-refractivity contribution < 1.29 is 8.78 Å². The second kappa shape index (κ2) is 5.74. The van der Waals surface area contributed by atoms with Gasteiger partial charge in [0.05, 0.1) is 5.56 Å². The van der Waals surface area contributed by atoms with Gasteiger partial charge in [-0.25, -0.2) is 8.78 Å². The number of nitrogens with one attached hydrogen (secondary N) is 1. The molecule has 0 aliphatic rings.